The van der Waals surface area contributed by atoms with E-state index in [0.29, 0.717) is 22.6 Å². The maximum atomic E-state index is 11.4. The van der Waals surface area contributed by atoms with E-state index in [4.69, 9.17) is 16.2 Å². The molecule has 1 fully saturated rings. The normalized spacial score (nSPS) is 15.7. The van der Waals surface area contributed by atoms with Gasteiger partial charge in [-0.05, 0) is 30.4 Å². The summed E-state index contributed by atoms with van der Waals surface area (Å²) in [5.74, 6) is 0.0493. The van der Waals surface area contributed by atoms with Crippen LogP contribution < -0.4 is 11.5 Å². The first-order valence-corrected chi connectivity index (χ1v) is 7.34. The van der Waals surface area contributed by atoms with Gasteiger partial charge in [0.2, 0.25) is 5.91 Å². The standard InChI is InChI=1S/C14H18N2O3S/c1-19-11(17)7-14(5-6-14)8-20-12-9(13(16)18)3-2-4-10(12)15/h2-4H,5-8,15H2,1H3,(H2,16,18). The van der Waals surface area contributed by atoms with Crippen molar-refractivity contribution in [2.75, 3.05) is 18.6 Å². The van der Waals surface area contributed by atoms with E-state index in [9.17, 15) is 9.59 Å². The molecule has 5 nitrogen and oxygen atoms in total. The molecule has 1 aliphatic carbocycles. The molecule has 0 saturated heterocycles. The topological polar surface area (TPSA) is 95.4 Å². The van der Waals surface area contributed by atoms with Crippen LogP contribution in [0.2, 0.25) is 0 Å². The molecule has 0 aromatic heterocycles. The van der Waals surface area contributed by atoms with E-state index in [1.54, 1.807) is 18.2 Å². The molecule has 0 aliphatic heterocycles. The average Bonchev–Trinajstić information content (AvgIpc) is 3.16. The summed E-state index contributed by atoms with van der Waals surface area (Å²) in [6.07, 6.45) is 2.40. The van der Waals surface area contributed by atoms with Gasteiger partial charge in [0, 0.05) is 16.3 Å². The Morgan fingerprint density at radius 1 is 1.40 bits per heavy atom. The second kappa shape index (κ2) is 5.75. The van der Waals surface area contributed by atoms with Crippen molar-refractivity contribution in [1.29, 1.82) is 0 Å². The molecule has 0 spiro atoms. The van der Waals surface area contributed by atoms with E-state index in [-0.39, 0.29) is 11.4 Å². The van der Waals surface area contributed by atoms with Gasteiger partial charge >= 0.3 is 5.97 Å². The Bertz CT molecular complexity index is 541. The molecule has 2 rings (SSSR count). The molecule has 1 amide bonds. The van der Waals surface area contributed by atoms with Crippen molar-refractivity contribution in [3.05, 3.63) is 23.8 Å². The zero-order chi connectivity index (χ0) is 14.8. The summed E-state index contributed by atoms with van der Waals surface area (Å²) in [7, 11) is 1.39. The molecule has 0 bridgehead atoms. The van der Waals surface area contributed by atoms with Crippen LogP contribution in [-0.4, -0.2) is 24.7 Å². The molecule has 0 radical (unpaired) electrons. The molecule has 6 heteroatoms. The number of thioether (sulfide) groups is 1. The third kappa shape index (κ3) is 3.25. The first kappa shape index (κ1) is 14.7. The largest absolute Gasteiger partial charge is 0.469 e. The van der Waals surface area contributed by atoms with Crippen molar-refractivity contribution in [3.8, 4) is 0 Å². The van der Waals surface area contributed by atoms with Gasteiger partial charge in [0.1, 0.15) is 0 Å². The number of benzene rings is 1. The predicted octanol–water partition coefficient (Wildman–Crippen LogP) is 1.80. The number of hydrogen-bond donors (Lipinski definition) is 2. The molecule has 1 aromatic rings. The molecule has 0 unspecified atom stereocenters. The fourth-order valence-corrected chi connectivity index (χ4v) is 3.46. The van der Waals surface area contributed by atoms with E-state index in [0.717, 1.165) is 18.6 Å². The van der Waals surface area contributed by atoms with Gasteiger partial charge < -0.3 is 16.2 Å². The highest BCUT2D eigenvalue weighted by molar-refractivity contribution is 7.99. The Labute approximate surface area is 122 Å². The summed E-state index contributed by atoms with van der Waals surface area (Å²) in [4.78, 5) is 23.5. The number of amides is 1. The Morgan fingerprint density at radius 3 is 2.65 bits per heavy atom. The highest BCUT2D eigenvalue weighted by Crippen LogP contribution is 2.52. The monoisotopic (exact) mass is 294 g/mol. The molecule has 4 N–H and O–H groups in total. The van der Waals surface area contributed by atoms with E-state index >= 15 is 0 Å². The Kier molecular flexibility index (Phi) is 4.23. The maximum Gasteiger partial charge on any atom is 0.306 e. The van der Waals surface area contributed by atoms with E-state index in [1.165, 1.54) is 18.9 Å². The second-order valence-corrected chi connectivity index (χ2v) is 6.12. The van der Waals surface area contributed by atoms with Gasteiger partial charge in [-0.3, -0.25) is 9.59 Å². The number of hydrogen-bond acceptors (Lipinski definition) is 5. The molecule has 20 heavy (non-hydrogen) atoms. The summed E-state index contributed by atoms with van der Waals surface area (Å²) in [5, 5.41) is 0. The quantitative estimate of drug-likeness (QED) is 0.474. The highest BCUT2D eigenvalue weighted by atomic mass is 32.2. The van der Waals surface area contributed by atoms with E-state index in [2.05, 4.69) is 0 Å². The minimum absolute atomic E-state index is 0.0189. The van der Waals surface area contributed by atoms with Gasteiger partial charge in [0.05, 0.1) is 19.1 Å². The van der Waals surface area contributed by atoms with Crippen LogP contribution in [0.25, 0.3) is 0 Å². The minimum atomic E-state index is -0.488. The van der Waals surface area contributed by atoms with Crippen molar-refractivity contribution in [2.24, 2.45) is 11.1 Å². The Balaban J connectivity index is 2.08. The van der Waals surface area contributed by atoms with Crippen LogP contribution in [0.15, 0.2) is 23.1 Å². The number of nitrogens with two attached hydrogens (primary N) is 2. The summed E-state index contributed by atoms with van der Waals surface area (Å²) >= 11 is 1.49. The summed E-state index contributed by atoms with van der Waals surface area (Å²) in [5.41, 5.74) is 12.2. The predicted molar refractivity (Wildman–Crippen MR) is 78.4 cm³/mol. The van der Waals surface area contributed by atoms with Crippen molar-refractivity contribution < 1.29 is 14.3 Å². The molecule has 1 aliphatic rings. The number of nitrogen functional groups attached to an aromatic ring is 1. The number of carbonyl (C=O) groups excluding carboxylic acids is 2. The van der Waals surface area contributed by atoms with Gasteiger partial charge in [0.15, 0.2) is 0 Å². The number of esters is 1. The van der Waals surface area contributed by atoms with Crippen LogP contribution in [0, 0.1) is 5.41 Å². The van der Waals surface area contributed by atoms with Crippen LogP contribution in [-0.2, 0) is 9.53 Å². The number of carbonyl (C=O) groups is 2. The fourth-order valence-electron chi connectivity index (χ4n) is 2.06. The van der Waals surface area contributed by atoms with Crippen molar-refractivity contribution in [3.63, 3.8) is 0 Å². The van der Waals surface area contributed by atoms with Gasteiger partial charge in [-0.25, -0.2) is 0 Å². The Morgan fingerprint density at radius 2 is 2.10 bits per heavy atom. The van der Waals surface area contributed by atoms with Crippen LogP contribution in [0.3, 0.4) is 0 Å². The second-order valence-electron chi connectivity index (χ2n) is 5.13. The molecule has 0 atom stereocenters. The zero-order valence-electron chi connectivity index (χ0n) is 11.3. The molecule has 108 valence electrons. The highest BCUT2D eigenvalue weighted by Gasteiger charge is 2.44. The van der Waals surface area contributed by atoms with Crippen LogP contribution in [0.4, 0.5) is 5.69 Å². The molecular weight excluding hydrogens is 276 g/mol. The number of methoxy groups -OCH3 is 1. The first-order valence-electron chi connectivity index (χ1n) is 6.35. The lowest BCUT2D eigenvalue weighted by atomic mass is 10.1. The molecule has 1 aromatic carbocycles. The smallest absolute Gasteiger partial charge is 0.306 e. The lowest BCUT2D eigenvalue weighted by Crippen LogP contribution is -2.15. The third-order valence-electron chi connectivity index (χ3n) is 3.54. The SMILES string of the molecule is COC(=O)CC1(CSc2c(N)cccc2C(N)=O)CC1. The summed E-state index contributed by atoms with van der Waals surface area (Å²) < 4.78 is 4.72. The van der Waals surface area contributed by atoms with Gasteiger partial charge in [-0.1, -0.05) is 6.07 Å². The summed E-state index contributed by atoms with van der Waals surface area (Å²) in [6, 6.07) is 5.12. The number of anilines is 1. The van der Waals surface area contributed by atoms with Crippen molar-refractivity contribution in [1.82, 2.24) is 0 Å². The zero-order valence-corrected chi connectivity index (χ0v) is 12.2. The number of ether oxygens (including phenoxy) is 1. The lowest BCUT2D eigenvalue weighted by Gasteiger charge is -2.15. The molecule has 0 heterocycles. The van der Waals surface area contributed by atoms with Crippen molar-refractivity contribution >= 4 is 29.3 Å². The van der Waals surface area contributed by atoms with Crippen LogP contribution in [0.5, 0.6) is 0 Å². The van der Waals surface area contributed by atoms with Gasteiger partial charge in [-0.2, -0.15) is 0 Å². The van der Waals surface area contributed by atoms with Gasteiger partial charge in [0.25, 0.3) is 0 Å². The molecular formula is C14H18N2O3S. The maximum absolute atomic E-state index is 11.4. The average molecular weight is 294 g/mol. The third-order valence-corrected chi connectivity index (χ3v) is 5.04. The molecule has 1 saturated carbocycles. The Hall–Kier alpha value is -1.69. The van der Waals surface area contributed by atoms with Crippen LogP contribution >= 0.6 is 11.8 Å². The summed E-state index contributed by atoms with van der Waals surface area (Å²) in [6.45, 7) is 0. The van der Waals surface area contributed by atoms with E-state index in [1.807, 2.05) is 0 Å². The lowest BCUT2D eigenvalue weighted by molar-refractivity contribution is -0.141. The minimum Gasteiger partial charge on any atom is -0.469 e. The van der Waals surface area contributed by atoms with E-state index < -0.39 is 5.91 Å². The van der Waals surface area contributed by atoms with Crippen LogP contribution in [0.1, 0.15) is 29.6 Å². The first-order chi connectivity index (χ1) is 9.47. The fraction of sp³-hybridized carbons (Fsp3) is 0.429. The number of primary amides is 1. The van der Waals surface area contributed by atoms with Crippen molar-refractivity contribution in [2.45, 2.75) is 24.2 Å². The number of rotatable bonds is 6. The van der Waals surface area contributed by atoms with Gasteiger partial charge in [-0.15, -0.1) is 11.8 Å².